The van der Waals surface area contributed by atoms with E-state index in [1.54, 1.807) is 6.92 Å². The zero-order valence-corrected chi connectivity index (χ0v) is 14.6. The summed E-state index contributed by atoms with van der Waals surface area (Å²) < 4.78 is 34.6. The molecule has 5 N–H and O–H groups in total. The number of hydrogen-bond donors (Lipinski definition) is 4. The van der Waals surface area contributed by atoms with E-state index >= 15 is 0 Å². The first kappa shape index (κ1) is 23.6. The highest BCUT2D eigenvalue weighted by atomic mass is 19.2. The van der Waals surface area contributed by atoms with Crippen LogP contribution in [-0.2, 0) is 18.9 Å². The minimum Gasteiger partial charge on any atom is -0.396 e. The molecule has 0 spiro atoms. The molecule has 0 aromatic heterocycles. The first-order valence-corrected chi connectivity index (χ1v) is 8.03. The van der Waals surface area contributed by atoms with Crippen LogP contribution < -0.4 is 5.73 Å². The molecule has 0 aliphatic rings. The molecule has 0 aromatic carbocycles. The summed E-state index contributed by atoms with van der Waals surface area (Å²) in [6, 6.07) is 0. The van der Waals surface area contributed by atoms with Gasteiger partial charge in [-0.2, -0.15) is 0 Å². The second-order valence-corrected chi connectivity index (χ2v) is 5.86. The van der Waals surface area contributed by atoms with Gasteiger partial charge in [-0.05, 0) is 13.8 Å². The predicted octanol–water partition coefficient (Wildman–Crippen LogP) is -0.461. The molecule has 0 fully saturated rings. The molecule has 24 heavy (non-hydrogen) atoms. The van der Waals surface area contributed by atoms with Crippen molar-refractivity contribution in [3.05, 3.63) is 0 Å². The number of hydrogen-bond acceptors (Lipinski definition) is 8. The Morgan fingerprint density at radius 3 is 2.12 bits per heavy atom. The number of aliphatic hydroxyl groups is 3. The Morgan fingerprint density at radius 2 is 1.54 bits per heavy atom. The summed E-state index contributed by atoms with van der Waals surface area (Å²) in [5.41, 5.74) is 4.76. The Morgan fingerprint density at radius 1 is 0.917 bits per heavy atom. The minimum atomic E-state index is -1.89. The average Bonchev–Trinajstić information content (AvgIpc) is 2.46. The van der Waals surface area contributed by atoms with Gasteiger partial charge in [0.15, 0.2) is 0 Å². The topological polar surface area (TPSA) is 124 Å². The molecule has 0 saturated carbocycles. The lowest BCUT2D eigenvalue weighted by molar-refractivity contribution is -0.165. The lowest BCUT2D eigenvalue weighted by atomic mass is 10.2. The van der Waals surface area contributed by atoms with Crippen LogP contribution >= 0.6 is 0 Å². The van der Waals surface area contributed by atoms with Crippen molar-refractivity contribution in [3.8, 4) is 0 Å². The van der Waals surface area contributed by atoms with Crippen molar-refractivity contribution in [1.29, 1.82) is 0 Å². The third-order valence-corrected chi connectivity index (χ3v) is 3.08. The molecule has 0 bridgehead atoms. The fourth-order valence-corrected chi connectivity index (χ4v) is 1.70. The number of nitrogens with two attached hydrogens (primary N) is 1. The summed E-state index contributed by atoms with van der Waals surface area (Å²) >= 11 is 0. The third kappa shape index (κ3) is 14.0. The standard InChI is InChI=1S/C15H32FNO7/c1-14(16,4-7-24-15(2,17)3-5-18)23-10-9-22-12-13(20)11-21-8-6-19/h13,18-20H,3-12,17H2,1-2H3. The van der Waals surface area contributed by atoms with E-state index in [1.165, 1.54) is 6.92 Å². The van der Waals surface area contributed by atoms with E-state index in [4.69, 9.17) is 34.9 Å². The molecule has 0 aliphatic heterocycles. The molecule has 0 heterocycles. The number of alkyl halides is 1. The molecule has 3 unspecified atom stereocenters. The molecule has 0 radical (unpaired) electrons. The molecule has 3 atom stereocenters. The maximum Gasteiger partial charge on any atom is 0.208 e. The second kappa shape index (κ2) is 12.9. The summed E-state index contributed by atoms with van der Waals surface area (Å²) in [6.07, 6.45) is -0.562. The number of ether oxygens (including phenoxy) is 4. The van der Waals surface area contributed by atoms with Gasteiger partial charge < -0.3 is 40.0 Å². The van der Waals surface area contributed by atoms with Gasteiger partial charge in [-0.15, -0.1) is 0 Å². The van der Waals surface area contributed by atoms with Gasteiger partial charge in [0.2, 0.25) is 5.85 Å². The van der Waals surface area contributed by atoms with Crippen LogP contribution in [0, 0.1) is 0 Å². The fraction of sp³-hybridized carbons (Fsp3) is 1.00. The van der Waals surface area contributed by atoms with Crippen molar-refractivity contribution in [2.24, 2.45) is 5.73 Å². The van der Waals surface area contributed by atoms with Crippen molar-refractivity contribution < 1.29 is 38.7 Å². The summed E-state index contributed by atoms with van der Waals surface area (Å²) in [4.78, 5) is 0. The second-order valence-electron chi connectivity index (χ2n) is 5.86. The molecular formula is C15H32FNO7. The van der Waals surface area contributed by atoms with E-state index in [-0.39, 0.29) is 65.7 Å². The molecular weight excluding hydrogens is 325 g/mol. The van der Waals surface area contributed by atoms with Crippen LogP contribution in [0.5, 0.6) is 0 Å². The van der Waals surface area contributed by atoms with Crippen LogP contribution in [0.4, 0.5) is 4.39 Å². The largest absolute Gasteiger partial charge is 0.396 e. The molecule has 9 heteroatoms. The predicted molar refractivity (Wildman–Crippen MR) is 85.1 cm³/mol. The monoisotopic (exact) mass is 357 g/mol. The van der Waals surface area contributed by atoms with E-state index < -0.39 is 17.7 Å². The van der Waals surface area contributed by atoms with E-state index in [0.717, 1.165) is 0 Å². The molecule has 0 aliphatic carbocycles. The van der Waals surface area contributed by atoms with Crippen molar-refractivity contribution >= 4 is 0 Å². The fourth-order valence-electron chi connectivity index (χ4n) is 1.70. The average molecular weight is 357 g/mol. The zero-order chi connectivity index (χ0) is 18.5. The van der Waals surface area contributed by atoms with Crippen LogP contribution in [-0.4, -0.2) is 85.9 Å². The van der Waals surface area contributed by atoms with E-state index in [0.29, 0.717) is 0 Å². The highest BCUT2D eigenvalue weighted by molar-refractivity contribution is 4.67. The molecule has 0 rings (SSSR count). The Bertz CT molecular complexity index is 306. The maximum absolute atomic E-state index is 14.1. The van der Waals surface area contributed by atoms with Crippen LogP contribution in [0.25, 0.3) is 0 Å². The highest BCUT2D eigenvalue weighted by Crippen LogP contribution is 2.19. The Hall–Kier alpha value is -0.390. The smallest absolute Gasteiger partial charge is 0.208 e. The Balaban J connectivity index is 3.70. The van der Waals surface area contributed by atoms with Gasteiger partial charge in [0.05, 0.1) is 46.2 Å². The molecule has 146 valence electrons. The van der Waals surface area contributed by atoms with E-state index in [2.05, 4.69) is 0 Å². The number of aliphatic hydroxyl groups excluding tert-OH is 3. The number of rotatable bonds is 16. The summed E-state index contributed by atoms with van der Waals surface area (Å²) in [7, 11) is 0. The van der Waals surface area contributed by atoms with Crippen molar-refractivity contribution in [2.75, 3.05) is 52.9 Å². The molecule has 0 saturated heterocycles. The Kier molecular flexibility index (Phi) is 12.7. The normalized spacial score (nSPS) is 18.1. The first-order valence-electron chi connectivity index (χ1n) is 8.03. The third-order valence-electron chi connectivity index (χ3n) is 3.08. The van der Waals surface area contributed by atoms with Crippen LogP contribution in [0.15, 0.2) is 0 Å². The van der Waals surface area contributed by atoms with Crippen LogP contribution in [0.3, 0.4) is 0 Å². The molecule has 8 nitrogen and oxygen atoms in total. The van der Waals surface area contributed by atoms with Gasteiger partial charge in [0.1, 0.15) is 11.8 Å². The minimum absolute atomic E-state index is 0.0111. The SMILES string of the molecule is CC(N)(CCO)OCCC(C)(F)OCCOCC(O)COCCO. The maximum atomic E-state index is 14.1. The van der Waals surface area contributed by atoms with Gasteiger partial charge in [0.25, 0.3) is 0 Å². The van der Waals surface area contributed by atoms with E-state index in [1.807, 2.05) is 0 Å². The summed E-state index contributed by atoms with van der Waals surface area (Å²) in [5, 5.41) is 26.8. The van der Waals surface area contributed by atoms with Gasteiger partial charge in [0, 0.05) is 19.4 Å². The summed E-state index contributed by atoms with van der Waals surface area (Å²) in [6.45, 7) is 3.14. The Labute approximate surface area is 142 Å². The van der Waals surface area contributed by atoms with Crippen molar-refractivity contribution in [3.63, 3.8) is 0 Å². The number of halogens is 1. The first-order chi connectivity index (χ1) is 11.2. The van der Waals surface area contributed by atoms with Gasteiger partial charge in [-0.25, -0.2) is 4.39 Å². The van der Waals surface area contributed by atoms with Crippen molar-refractivity contribution in [2.45, 2.75) is 44.4 Å². The quantitative estimate of drug-likeness (QED) is 0.216. The van der Waals surface area contributed by atoms with Gasteiger partial charge in [-0.3, -0.25) is 0 Å². The highest BCUT2D eigenvalue weighted by Gasteiger charge is 2.26. The lowest BCUT2D eigenvalue weighted by Gasteiger charge is -2.27. The van der Waals surface area contributed by atoms with Crippen molar-refractivity contribution in [1.82, 2.24) is 0 Å². The lowest BCUT2D eigenvalue weighted by Crippen LogP contribution is -2.41. The van der Waals surface area contributed by atoms with Gasteiger partial charge in [-0.1, -0.05) is 0 Å². The molecule has 0 amide bonds. The molecule has 0 aromatic rings. The summed E-state index contributed by atoms with van der Waals surface area (Å²) in [5.74, 6) is -1.89. The van der Waals surface area contributed by atoms with Crippen LogP contribution in [0.2, 0.25) is 0 Å². The van der Waals surface area contributed by atoms with Gasteiger partial charge >= 0.3 is 0 Å². The zero-order valence-electron chi connectivity index (χ0n) is 14.6. The van der Waals surface area contributed by atoms with Crippen LogP contribution in [0.1, 0.15) is 26.7 Å². The van der Waals surface area contributed by atoms with E-state index in [9.17, 15) is 9.50 Å².